The molecule has 0 radical (unpaired) electrons. The molecule has 0 N–H and O–H groups in total. The largest absolute Gasteiger partial charge is 0.466 e. The molecular weight excluding hydrogens is 260 g/mol. The Labute approximate surface area is 116 Å². The fraction of sp³-hybridized carbons (Fsp3) is 0.267. The summed E-state index contributed by atoms with van der Waals surface area (Å²) in [6.07, 6.45) is 0.640. The third kappa shape index (κ3) is 2.47. The summed E-state index contributed by atoms with van der Waals surface area (Å²) in [6, 6.07) is 4.49. The lowest BCUT2D eigenvalue weighted by Crippen LogP contribution is -2.28. The predicted molar refractivity (Wildman–Crippen MR) is 70.7 cm³/mol. The SMILES string of the molecule is C=COc1ccc2c(c1)C(=O)C(OC(=O)CCC)C2=O. The van der Waals surface area contributed by atoms with Crippen LogP contribution in [0.2, 0.25) is 0 Å². The summed E-state index contributed by atoms with van der Waals surface area (Å²) >= 11 is 0. The Bertz CT molecular complexity index is 588. The molecule has 5 nitrogen and oxygen atoms in total. The number of hydrogen-bond acceptors (Lipinski definition) is 5. The molecule has 0 saturated carbocycles. The van der Waals surface area contributed by atoms with Crippen molar-refractivity contribution in [1.29, 1.82) is 0 Å². The Balaban J connectivity index is 2.25. The van der Waals surface area contributed by atoms with Crippen LogP contribution in [0.1, 0.15) is 40.5 Å². The van der Waals surface area contributed by atoms with Gasteiger partial charge >= 0.3 is 5.97 Å². The number of ether oxygens (including phenoxy) is 2. The highest BCUT2D eigenvalue weighted by Gasteiger charge is 2.41. The molecular formula is C15H14O5. The quantitative estimate of drug-likeness (QED) is 0.468. The average molecular weight is 274 g/mol. The van der Waals surface area contributed by atoms with Gasteiger partial charge in [0.15, 0.2) is 0 Å². The molecule has 1 aliphatic rings. The van der Waals surface area contributed by atoms with Crippen molar-refractivity contribution < 1.29 is 23.9 Å². The van der Waals surface area contributed by atoms with Gasteiger partial charge in [0.25, 0.3) is 0 Å². The van der Waals surface area contributed by atoms with E-state index >= 15 is 0 Å². The van der Waals surface area contributed by atoms with Crippen molar-refractivity contribution in [2.45, 2.75) is 25.9 Å². The standard InChI is InChI=1S/C15H14O5/c1-3-5-12(16)20-15-13(17)10-7-6-9(19-4-2)8-11(10)14(15)18/h4,6-8,15H,2-3,5H2,1H3. The van der Waals surface area contributed by atoms with Crippen LogP contribution >= 0.6 is 0 Å². The molecule has 1 aromatic rings. The van der Waals surface area contributed by atoms with E-state index in [1.807, 2.05) is 6.92 Å². The zero-order chi connectivity index (χ0) is 14.7. The van der Waals surface area contributed by atoms with Crippen LogP contribution in [-0.4, -0.2) is 23.6 Å². The first-order chi connectivity index (χ1) is 9.58. The summed E-state index contributed by atoms with van der Waals surface area (Å²) in [6.45, 7) is 5.23. The number of carbonyl (C=O) groups is 3. The summed E-state index contributed by atoms with van der Waals surface area (Å²) in [5.41, 5.74) is 0.462. The average Bonchev–Trinajstić information content (AvgIpc) is 2.65. The van der Waals surface area contributed by atoms with E-state index in [1.165, 1.54) is 18.4 Å². The van der Waals surface area contributed by atoms with Gasteiger partial charge in [-0.1, -0.05) is 13.5 Å². The first-order valence-corrected chi connectivity index (χ1v) is 6.28. The normalized spacial score (nSPS) is 16.8. The van der Waals surface area contributed by atoms with Crippen LogP contribution in [0.4, 0.5) is 0 Å². The number of ketones is 2. The first kappa shape index (κ1) is 14.0. The first-order valence-electron chi connectivity index (χ1n) is 6.28. The zero-order valence-electron chi connectivity index (χ0n) is 11.0. The van der Waals surface area contributed by atoms with Crippen molar-refractivity contribution in [3.05, 3.63) is 42.2 Å². The number of hydrogen-bond donors (Lipinski definition) is 0. The van der Waals surface area contributed by atoms with Crippen molar-refractivity contribution in [2.75, 3.05) is 0 Å². The molecule has 0 aliphatic heterocycles. The van der Waals surface area contributed by atoms with Gasteiger partial charge in [-0.05, 0) is 24.6 Å². The van der Waals surface area contributed by atoms with Crippen molar-refractivity contribution in [3.63, 3.8) is 0 Å². The molecule has 1 atom stereocenters. The van der Waals surface area contributed by atoms with Gasteiger partial charge in [0.1, 0.15) is 5.75 Å². The van der Waals surface area contributed by atoms with E-state index in [1.54, 1.807) is 6.07 Å². The van der Waals surface area contributed by atoms with Crippen LogP contribution in [0.25, 0.3) is 0 Å². The summed E-state index contributed by atoms with van der Waals surface area (Å²) < 4.78 is 10.0. The number of rotatable bonds is 5. The molecule has 0 fully saturated rings. The molecule has 0 aromatic heterocycles. The van der Waals surface area contributed by atoms with Gasteiger partial charge in [0.2, 0.25) is 17.7 Å². The number of carbonyl (C=O) groups excluding carboxylic acids is 3. The second-order valence-electron chi connectivity index (χ2n) is 4.34. The van der Waals surface area contributed by atoms with E-state index < -0.39 is 23.6 Å². The molecule has 0 bridgehead atoms. The van der Waals surface area contributed by atoms with Gasteiger partial charge in [-0.15, -0.1) is 0 Å². The van der Waals surface area contributed by atoms with Gasteiger partial charge in [-0.3, -0.25) is 14.4 Å². The molecule has 104 valence electrons. The Kier molecular flexibility index (Phi) is 3.98. The van der Waals surface area contributed by atoms with E-state index in [2.05, 4.69) is 6.58 Å². The zero-order valence-corrected chi connectivity index (χ0v) is 11.0. The molecule has 5 heteroatoms. The lowest BCUT2D eigenvalue weighted by atomic mass is 10.1. The van der Waals surface area contributed by atoms with Crippen LogP contribution in [0.3, 0.4) is 0 Å². The Morgan fingerprint density at radius 1 is 1.30 bits per heavy atom. The fourth-order valence-corrected chi connectivity index (χ4v) is 2.01. The molecule has 1 unspecified atom stereocenters. The van der Waals surface area contributed by atoms with E-state index in [9.17, 15) is 14.4 Å². The minimum atomic E-state index is -1.36. The Hall–Kier alpha value is -2.43. The molecule has 2 rings (SSSR count). The van der Waals surface area contributed by atoms with Crippen molar-refractivity contribution in [2.24, 2.45) is 0 Å². The smallest absolute Gasteiger partial charge is 0.306 e. The maximum atomic E-state index is 12.1. The van der Waals surface area contributed by atoms with Gasteiger partial charge in [0, 0.05) is 17.5 Å². The van der Waals surface area contributed by atoms with Crippen LogP contribution < -0.4 is 4.74 Å². The molecule has 20 heavy (non-hydrogen) atoms. The molecule has 1 aromatic carbocycles. The maximum absolute atomic E-state index is 12.1. The third-order valence-electron chi connectivity index (χ3n) is 2.92. The molecule has 1 aliphatic carbocycles. The van der Waals surface area contributed by atoms with Gasteiger partial charge in [0.05, 0.1) is 6.26 Å². The second-order valence-corrected chi connectivity index (χ2v) is 4.34. The van der Waals surface area contributed by atoms with Gasteiger partial charge < -0.3 is 9.47 Å². The van der Waals surface area contributed by atoms with Crippen LogP contribution in [0, 0.1) is 0 Å². The second kappa shape index (κ2) is 5.69. The van der Waals surface area contributed by atoms with Crippen LogP contribution in [0.15, 0.2) is 31.0 Å². The highest BCUT2D eigenvalue weighted by molar-refractivity contribution is 6.29. The highest BCUT2D eigenvalue weighted by Crippen LogP contribution is 2.28. The maximum Gasteiger partial charge on any atom is 0.306 e. The van der Waals surface area contributed by atoms with Crippen LogP contribution in [-0.2, 0) is 9.53 Å². The Morgan fingerprint density at radius 3 is 2.65 bits per heavy atom. The van der Waals surface area contributed by atoms with Gasteiger partial charge in [-0.2, -0.15) is 0 Å². The van der Waals surface area contributed by atoms with Gasteiger partial charge in [-0.25, -0.2) is 0 Å². The molecule has 0 amide bonds. The Morgan fingerprint density at radius 2 is 2.00 bits per heavy atom. The highest BCUT2D eigenvalue weighted by atomic mass is 16.6. The topological polar surface area (TPSA) is 69.7 Å². The molecule has 0 heterocycles. The van der Waals surface area contributed by atoms with Crippen molar-refractivity contribution in [3.8, 4) is 5.75 Å². The third-order valence-corrected chi connectivity index (χ3v) is 2.92. The minimum absolute atomic E-state index is 0.179. The minimum Gasteiger partial charge on any atom is -0.466 e. The van der Waals surface area contributed by atoms with E-state index in [4.69, 9.17) is 9.47 Å². The van der Waals surface area contributed by atoms with Crippen molar-refractivity contribution in [1.82, 2.24) is 0 Å². The van der Waals surface area contributed by atoms with E-state index in [0.29, 0.717) is 12.2 Å². The molecule has 0 saturated heterocycles. The summed E-state index contributed by atoms with van der Waals surface area (Å²) in [5.74, 6) is -1.14. The van der Waals surface area contributed by atoms with E-state index in [0.717, 1.165) is 0 Å². The number of esters is 1. The van der Waals surface area contributed by atoms with Crippen LogP contribution in [0.5, 0.6) is 5.75 Å². The number of benzene rings is 1. The summed E-state index contributed by atoms with van der Waals surface area (Å²) in [5, 5.41) is 0. The number of Topliss-reactive ketones (excluding diaryl/α,β-unsaturated/α-hetero) is 2. The molecule has 0 spiro atoms. The predicted octanol–water partition coefficient (Wildman–Crippen LogP) is 2.30. The van der Waals surface area contributed by atoms with Crippen molar-refractivity contribution >= 4 is 17.5 Å². The summed E-state index contributed by atoms with van der Waals surface area (Å²) in [7, 11) is 0. The lowest BCUT2D eigenvalue weighted by molar-refractivity contribution is -0.145. The summed E-state index contributed by atoms with van der Waals surface area (Å²) in [4.78, 5) is 35.6. The monoisotopic (exact) mass is 274 g/mol. The van der Waals surface area contributed by atoms with E-state index in [-0.39, 0.29) is 17.5 Å². The number of fused-ring (bicyclic) bond motifs is 1. The lowest BCUT2D eigenvalue weighted by Gasteiger charge is -2.08. The fourth-order valence-electron chi connectivity index (χ4n) is 2.01.